The Kier molecular flexibility index (Phi) is 3.73. The molecule has 4 nitrogen and oxygen atoms in total. The SMILES string of the molecule is C[C@H](N)C(=O)N1CCC2(CCC(CN)CC2)C1. The lowest BCUT2D eigenvalue weighted by Crippen LogP contribution is -2.42. The standard InChI is InChI=1S/C13H25N3O/c1-10(15)12(17)16-7-6-13(9-16)4-2-11(8-14)3-5-13/h10-11H,2-9,14-15H2,1H3/t10-,11?,13?/m0/s1. The van der Waals surface area contributed by atoms with E-state index in [4.69, 9.17) is 11.5 Å². The zero-order chi connectivity index (χ0) is 12.5. The van der Waals surface area contributed by atoms with Gasteiger partial charge in [0.2, 0.25) is 5.91 Å². The van der Waals surface area contributed by atoms with E-state index < -0.39 is 0 Å². The zero-order valence-corrected chi connectivity index (χ0v) is 10.8. The Morgan fingerprint density at radius 2 is 2.06 bits per heavy atom. The van der Waals surface area contributed by atoms with E-state index in [0.717, 1.165) is 26.1 Å². The van der Waals surface area contributed by atoms with Gasteiger partial charge in [0.05, 0.1) is 6.04 Å². The summed E-state index contributed by atoms with van der Waals surface area (Å²) in [5, 5.41) is 0. The van der Waals surface area contributed by atoms with E-state index in [9.17, 15) is 4.79 Å². The zero-order valence-electron chi connectivity index (χ0n) is 10.8. The lowest BCUT2D eigenvalue weighted by Gasteiger charge is -2.37. The van der Waals surface area contributed by atoms with Gasteiger partial charge >= 0.3 is 0 Å². The Morgan fingerprint density at radius 3 is 2.59 bits per heavy atom. The fraction of sp³-hybridized carbons (Fsp3) is 0.923. The largest absolute Gasteiger partial charge is 0.341 e. The van der Waals surface area contributed by atoms with E-state index in [1.807, 2.05) is 4.90 Å². The second kappa shape index (κ2) is 4.94. The Morgan fingerprint density at radius 1 is 1.41 bits per heavy atom. The maximum Gasteiger partial charge on any atom is 0.239 e. The molecule has 17 heavy (non-hydrogen) atoms. The monoisotopic (exact) mass is 239 g/mol. The average Bonchev–Trinajstić information content (AvgIpc) is 2.73. The predicted octanol–water partition coefficient (Wildman–Crippen LogP) is 0.701. The second-order valence-electron chi connectivity index (χ2n) is 5.98. The normalized spacial score (nSPS) is 35.2. The van der Waals surface area contributed by atoms with Gasteiger partial charge in [0, 0.05) is 13.1 Å². The first-order valence-corrected chi connectivity index (χ1v) is 6.81. The molecule has 1 aliphatic carbocycles. The fourth-order valence-electron chi connectivity index (χ4n) is 3.34. The van der Waals surface area contributed by atoms with Crippen LogP contribution in [0.25, 0.3) is 0 Å². The van der Waals surface area contributed by atoms with Gasteiger partial charge in [-0.1, -0.05) is 0 Å². The van der Waals surface area contributed by atoms with Crippen molar-refractivity contribution in [2.45, 2.75) is 45.1 Å². The number of nitrogens with zero attached hydrogens (tertiary/aromatic N) is 1. The number of hydrogen-bond acceptors (Lipinski definition) is 3. The Bertz CT molecular complexity index is 282. The summed E-state index contributed by atoms with van der Waals surface area (Å²) in [6.07, 6.45) is 6.09. The van der Waals surface area contributed by atoms with Gasteiger partial charge in [-0.05, 0) is 56.9 Å². The molecular formula is C13H25N3O. The van der Waals surface area contributed by atoms with Crippen molar-refractivity contribution in [3.8, 4) is 0 Å². The molecule has 1 spiro atoms. The van der Waals surface area contributed by atoms with Crippen molar-refractivity contribution in [3.63, 3.8) is 0 Å². The molecule has 0 bridgehead atoms. The summed E-state index contributed by atoms with van der Waals surface area (Å²) in [6, 6.07) is -0.356. The molecule has 0 aromatic heterocycles. The molecule has 4 heteroatoms. The van der Waals surface area contributed by atoms with Gasteiger partial charge < -0.3 is 16.4 Å². The topological polar surface area (TPSA) is 72.4 Å². The number of carbonyl (C=O) groups is 1. The van der Waals surface area contributed by atoms with Crippen LogP contribution < -0.4 is 11.5 Å². The molecule has 1 amide bonds. The van der Waals surface area contributed by atoms with Crippen LogP contribution in [0.5, 0.6) is 0 Å². The minimum atomic E-state index is -0.356. The van der Waals surface area contributed by atoms with Crippen LogP contribution >= 0.6 is 0 Å². The highest BCUT2D eigenvalue weighted by Gasteiger charge is 2.42. The van der Waals surface area contributed by atoms with E-state index in [1.54, 1.807) is 6.92 Å². The van der Waals surface area contributed by atoms with Crippen molar-refractivity contribution in [1.82, 2.24) is 4.90 Å². The van der Waals surface area contributed by atoms with Gasteiger partial charge in [0.15, 0.2) is 0 Å². The molecule has 2 aliphatic rings. The van der Waals surface area contributed by atoms with E-state index in [1.165, 1.54) is 25.7 Å². The average molecular weight is 239 g/mol. The molecule has 0 radical (unpaired) electrons. The van der Waals surface area contributed by atoms with Gasteiger partial charge in [0.1, 0.15) is 0 Å². The molecule has 2 fully saturated rings. The molecular weight excluding hydrogens is 214 g/mol. The first kappa shape index (κ1) is 12.8. The molecule has 1 heterocycles. The smallest absolute Gasteiger partial charge is 0.239 e. The van der Waals surface area contributed by atoms with Crippen LogP contribution in [0.2, 0.25) is 0 Å². The van der Waals surface area contributed by atoms with Gasteiger partial charge in [-0.2, -0.15) is 0 Å². The fourth-order valence-corrected chi connectivity index (χ4v) is 3.34. The Labute approximate surface area is 104 Å². The van der Waals surface area contributed by atoms with Gasteiger partial charge in [-0.15, -0.1) is 0 Å². The molecule has 0 aromatic carbocycles. The van der Waals surface area contributed by atoms with Gasteiger partial charge in [-0.25, -0.2) is 0 Å². The third-order valence-electron chi connectivity index (χ3n) is 4.64. The van der Waals surface area contributed by atoms with Crippen molar-refractivity contribution < 1.29 is 4.79 Å². The van der Waals surface area contributed by atoms with Crippen LogP contribution in [-0.4, -0.2) is 36.5 Å². The summed E-state index contributed by atoms with van der Waals surface area (Å²) < 4.78 is 0. The van der Waals surface area contributed by atoms with Crippen LogP contribution in [0.3, 0.4) is 0 Å². The number of likely N-dealkylation sites (tertiary alicyclic amines) is 1. The summed E-state index contributed by atoms with van der Waals surface area (Å²) >= 11 is 0. The first-order valence-electron chi connectivity index (χ1n) is 6.81. The van der Waals surface area contributed by atoms with Crippen LogP contribution in [-0.2, 0) is 4.79 Å². The maximum absolute atomic E-state index is 11.9. The number of rotatable bonds is 2. The molecule has 98 valence electrons. The molecule has 1 saturated heterocycles. The quantitative estimate of drug-likeness (QED) is 0.745. The second-order valence-corrected chi connectivity index (χ2v) is 5.98. The summed E-state index contributed by atoms with van der Waals surface area (Å²) in [6.45, 7) is 4.41. The summed E-state index contributed by atoms with van der Waals surface area (Å²) in [4.78, 5) is 13.8. The predicted molar refractivity (Wildman–Crippen MR) is 68.3 cm³/mol. The summed E-state index contributed by atoms with van der Waals surface area (Å²) in [5.74, 6) is 0.821. The lowest BCUT2D eigenvalue weighted by atomic mass is 9.70. The molecule has 0 aromatic rings. The van der Waals surface area contributed by atoms with Gasteiger partial charge in [-0.3, -0.25) is 4.79 Å². The number of carbonyl (C=O) groups excluding carboxylic acids is 1. The lowest BCUT2D eigenvalue weighted by molar-refractivity contribution is -0.131. The summed E-state index contributed by atoms with van der Waals surface area (Å²) in [5.41, 5.74) is 11.8. The van der Waals surface area contributed by atoms with Crippen LogP contribution in [0.15, 0.2) is 0 Å². The number of nitrogens with two attached hydrogens (primary N) is 2. The Hall–Kier alpha value is -0.610. The van der Waals surface area contributed by atoms with Crippen LogP contribution in [0.4, 0.5) is 0 Å². The van der Waals surface area contributed by atoms with Crippen molar-refractivity contribution in [2.24, 2.45) is 22.8 Å². The van der Waals surface area contributed by atoms with Crippen molar-refractivity contribution in [1.29, 1.82) is 0 Å². The molecule has 2 rings (SSSR count). The third kappa shape index (κ3) is 2.63. The summed E-state index contributed by atoms with van der Waals surface area (Å²) in [7, 11) is 0. The maximum atomic E-state index is 11.9. The molecule has 1 aliphatic heterocycles. The first-order chi connectivity index (χ1) is 8.06. The van der Waals surface area contributed by atoms with E-state index in [2.05, 4.69) is 0 Å². The number of hydrogen-bond donors (Lipinski definition) is 2. The highest BCUT2D eigenvalue weighted by Crippen LogP contribution is 2.45. The highest BCUT2D eigenvalue weighted by atomic mass is 16.2. The Balaban J connectivity index is 1.91. The minimum Gasteiger partial charge on any atom is -0.341 e. The van der Waals surface area contributed by atoms with E-state index >= 15 is 0 Å². The molecule has 1 atom stereocenters. The van der Waals surface area contributed by atoms with Gasteiger partial charge in [0.25, 0.3) is 0 Å². The highest BCUT2D eigenvalue weighted by molar-refractivity contribution is 5.81. The van der Waals surface area contributed by atoms with Crippen LogP contribution in [0, 0.1) is 11.3 Å². The van der Waals surface area contributed by atoms with Crippen molar-refractivity contribution in [2.75, 3.05) is 19.6 Å². The number of amides is 1. The van der Waals surface area contributed by atoms with Crippen molar-refractivity contribution in [3.05, 3.63) is 0 Å². The molecule has 1 saturated carbocycles. The van der Waals surface area contributed by atoms with Crippen LogP contribution in [0.1, 0.15) is 39.0 Å². The molecule has 0 unspecified atom stereocenters. The third-order valence-corrected chi connectivity index (χ3v) is 4.64. The minimum absolute atomic E-state index is 0.114. The van der Waals surface area contributed by atoms with E-state index in [-0.39, 0.29) is 11.9 Å². The van der Waals surface area contributed by atoms with E-state index in [0.29, 0.717) is 11.3 Å². The molecule has 4 N–H and O–H groups in total. The van der Waals surface area contributed by atoms with Crippen molar-refractivity contribution >= 4 is 5.91 Å².